The van der Waals surface area contributed by atoms with Crippen molar-refractivity contribution in [1.82, 2.24) is 4.72 Å². The first-order valence-electron chi connectivity index (χ1n) is 11.3. The van der Waals surface area contributed by atoms with Crippen molar-refractivity contribution in [2.24, 2.45) is 11.8 Å². The number of benzene rings is 2. The second kappa shape index (κ2) is 11.7. The highest BCUT2D eigenvalue weighted by molar-refractivity contribution is 7.89. The predicted octanol–water partition coefficient (Wildman–Crippen LogP) is 4.94. The van der Waals surface area contributed by atoms with Crippen LogP contribution in [0.2, 0.25) is 0 Å². The maximum absolute atomic E-state index is 12.8. The van der Waals surface area contributed by atoms with Gasteiger partial charge < -0.3 is 9.47 Å². The Labute approximate surface area is 187 Å². The Hall–Kier alpha value is -1.89. The second-order valence-corrected chi connectivity index (χ2v) is 10.7. The molecular weight excluding hydrogens is 410 g/mol. The highest BCUT2D eigenvalue weighted by atomic mass is 32.2. The minimum atomic E-state index is -3.48. The molecule has 0 aromatic heterocycles. The number of rotatable bonds is 13. The molecule has 1 atom stereocenters. The second-order valence-electron chi connectivity index (χ2n) is 8.78. The van der Waals surface area contributed by atoms with Crippen LogP contribution < -0.4 is 9.46 Å². The van der Waals surface area contributed by atoms with Gasteiger partial charge in [-0.15, -0.1) is 0 Å². The summed E-state index contributed by atoms with van der Waals surface area (Å²) in [5.41, 5.74) is 1.77. The van der Waals surface area contributed by atoms with Crippen LogP contribution in [0.15, 0.2) is 54.6 Å². The highest BCUT2D eigenvalue weighted by Crippen LogP contribution is 2.29. The zero-order valence-corrected chi connectivity index (χ0v) is 19.4. The number of sulfonamides is 1. The van der Waals surface area contributed by atoms with Gasteiger partial charge >= 0.3 is 0 Å². The molecular formula is C25H35NO4S. The van der Waals surface area contributed by atoms with Crippen molar-refractivity contribution in [2.45, 2.75) is 45.6 Å². The van der Waals surface area contributed by atoms with Crippen LogP contribution in [0.1, 0.15) is 56.7 Å². The molecule has 0 amide bonds. The minimum Gasteiger partial charge on any atom is -0.493 e. The number of nitrogens with one attached hydrogen (secondary N) is 1. The van der Waals surface area contributed by atoms with E-state index in [0.717, 1.165) is 23.5 Å². The van der Waals surface area contributed by atoms with Gasteiger partial charge in [-0.3, -0.25) is 0 Å². The summed E-state index contributed by atoms with van der Waals surface area (Å²) in [5.74, 6) is 1.90. The Balaban J connectivity index is 1.68. The van der Waals surface area contributed by atoms with Crippen LogP contribution in [0.25, 0.3) is 0 Å². The quantitative estimate of drug-likeness (QED) is 0.444. The van der Waals surface area contributed by atoms with Crippen molar-refractivity contribution in [1.29, 1.82) is 0 Å². The molecule has 170 valence electrons. The lowest BCUT2D eigenvalue weighted by Gasteiger charge is -2.25. The van der Waals surface area contributed by atoms with E-state index >= 15 is 0 Å². The minimum absolute atomic E-state index is 0.0340. The van der Waals surface area contributed by atoms with Gasteiger partial charge in [-0.1, -0.05) is 62.7 Å². The Morgan fingerprint density at radius 1 is 1.03 bits per heavy atom. The van der Waals surface area contributed by atoms with Crippen LogP contribution >= 0.6 is 0 Å². The molecule has 6 heteroatoms. The Morgan fingerprint density at radius 3 is 2.45 bits per heavy atom. The molecule has 1 unspecified atom stereocenters. The van der Waals surface area contributed by atoms with Crippen LogP contribution in [0.3, 0.4) is 0 Å². The van der Waals surface area contributed by atoms with Crippen molar-refractivity contribution in [2.75, 3.05) is 25.6 Å². The number of hydrogen-bond donors (Lipinski definition) is 1. The van der Waals surface area contributed by atoms with E-state index in [4.69, 9.17) is 9.47 Å². The summed E-state index contributed by atoms with van der Waals surface area (Å²) in [5, 5.41) is 0. The Bertz CT molecular complexity index is 895. The average Bonchev–Trinajstić information content (AvgIpc) is 2.71. The van der Waals surface area contributed by atoms with E-state index in [1.807, 2.05) is 54.6 Å². The third-order valence-electron chi connectivity index (χ3n) is 5.49. The molecule has 0 aliphatic heterocycles. The van der Waals surface area contributed by atoms with E-state index in [0.29, 0.717) is 31.5 Å². The maximum atomic E-state index is 12.8. The lowest BCUT2D eigenvalue weighted by molar-refractivity contribution is 0.111. The van der Waals surface area contributed by atoms with E-state index in [1.165, 1.54) is 19.3 Å². The van der Waals surface area contributed by atoms with Crippen LogP contribution in [0.4, 0.5) is 0 Å². The molecule has 31 heavy (non-hydrogen) atoms. The third-order valence-corrected chi connectivity index (χ3v) is 6.91. The van der Waals surface area contributed by atoms with E-state index < -0.39 is 16.1 Å². The molecule has 0 spiro atoms. The molecule has 1 N–H and O–H groups in total. The van der Waals surface area contributed by atoms with Gasteiger partial charge in [0.15, 0.2) is 0 Å². The summed E-state index contributed by atoms with van der Waals surface area (Å²) in [6.07, 6.45) is 4.21. The molecule has 0 bridgehead atoms. The zero-order valence-electron chi connectivity index (χ0n) is 18.6. The van der Waals surface area contributed by atoms with Crippen molar-refractivity contribution in [3.05, 3.63) is 65.7 Å². The third kappa shape index (κ3) is 7.95. The van der Waals surface area contributed by atoms with Crippen LogP contribution in [-0.4, -0.2) is 34.0 Å². The molecule has 2 aromatic rings. The van der Waals surface area contributed by atoms with Crippen molar-refractivity contribution in [3.63, 3.8) is 0 Å². The van der Waals surface area contributed by atoms with Gasteiger partial charge in [-0.25, -0.2) is 13.1 Å². The van der Waals surface area contributed by atoms with Gasteiger partial charge in [0.05, 0.1) is 18.4 Å². The SMILES string of the molecule is CC(C)COCCCS(=O)(=O)NC(c1ccccc1)c1cccc(OCC2CCC2)c1. The molecule has 0 saturated heterocycles. The molecule has 3 rings (SSSR count). The van der Waals surface area contributed by atoms with Crippen molar-refractivity contribution < 1.29 is 17.9 Å². The van der Waals surface area contributed by atoms with E-state index in [2.05, 4.69) is 18.6 Å². The normalized spacial score (nSPS) is 15.6. The van der Waals surface area contributed by atoms with Crippen molar-refractivity contribution in [3.8, 4) is 5.75 Å². The van der Waals surface area contributed by atoms with Crippen molar-refractivity contribution >= 4 is 10.0 Å². The lowest BCUT2D eigenvalue weighted by atomic mass is 9.86. The molecule has 1 aliphatic rings. The summed E-state index contributed by atoms with van der Waals surface area (Å²) in [4.78, 5) is 0. The molecule has 5 nitrogen and oxygen atoms in total. The van der Waals surface area contributed by atoms with Gasteiger partial charge in [0.25, 0.3) is 0 Å². The van der Waals surface area contributed by atoms with E-state index in [-0.39, 0.29) is 5.75 Å². The van der Waals surface area contributed by atoms with Crippen LogP contribution in [-0.2, 0) is 14.8 Å². The first-order chi connectivity index (χ1) is 14.9. The standard InChI is InChI=1S/C25H35NO4S/c1-20(2)18-29-15-8-16-31(27,28)26-25(22-11-4-3-5-12-22)23-13-7-14-24(17-23)30-19-21-9-6-10-21/h3-5,7,11-14,17,20-21,25-26H,6,8-10,15-16,18-19H2,1-2H3. The predicted molar refractivity (Wildman–Crippen MR) is 125 cm³/mol. The molecule has 1 saturated carbocycles. The molecule has 2 aromatic carbocycles. The Kier molecular flexibility index (Phi) is 8.93. The van der Waals surface area contributed by atoms with E-state index in [1.54, 1.807) is 0 Å². The summed E-state index contributed by atoms with van der Waals surface area (Å²) < 4.78 is 40.1. The monoisotopic (exact) mass is 445 g/mol. The average molecular weight is 446 g/mol. The summed E-state index contributed by atoms with van der Waals surface area (Å²) in [7, 11) is -3.48. The molecule has 0 heterocycles. The summed E-state index contributed by atoms with van der Waals surface area (Å²) in [6.45, 7) is 5.97. The first kappa shape index (κ1) is 23.8. The topological polar surface area (TPSA) is 64.6 Å². The summed E-state index contributed by atoms with van der Waals surface area (Å²) in [6, 6.07) is 17.0. The van der Waals surface area contributed by atoms with Gasteiger partial charge in [-0.2, -0.15) is 0 Å². The number of hydrogen-bond acceptors (Lipinski definition) is 4. The van der Waals surface area contributed by atoms with Crippen LogP contribution in [0.5, 0.6) is 5.75 Å². The number of ether oxygens (including phenoxy) is 2. The summed E-state index contributed by atoms with van der Waals surface area (Å²) >= 11 is 0. The maximum Gasteiger partial charge on any atom is 0.212 e. The highest BCUT2D eigenvalue weighted by Gasteiger charge is 2.22. The Morgan fingerprint density at radius 2 is 1.77 bits per heavy atom. The largest absolute Gasteiger partial charge is 0.493 e. The fraction of sp³-hybridized carbons (Fsp3) is 0.520. The molecule has 1 aliphatic carbocycles. The first-order valence-corrected chi connectivity index (χ1v) is 12.9. The molecule has 1 fully saturated rings. The fourth-order valence-electron chi connectivity index (χ4n) is 3.54. The van der Waals surface area contributed by atoms with Crippen LogP contribution in [0, 0.1) is 11.8 Å². The smallest absolute Gasteiger partial charge is 0.212 e. The van der Waals surface area contributed by atoms with Gasteiger partial charge in [0.2, 0.25) is 10.0 Å². The van der Waals surface area contributed by atoms with Gasteiger partial charge in [-0.05, 0) is 54.4 Å². The zero-order chi connectivity index (χ0) is 22.1. The lowest BCUT2D eigenvalue weighted by Crippen LogP contribution is -2.32. The fourth-order valence-corrected chi connectivity index (χ4v) is 4.79. The van der Waals surface area contributed by atoms with Gasteiger partial charge in [0.1, 0.15) is 5.75 Å². The van der Waals surface area contributed by atoms with Gasteiger partial charge in [0, 0.05) is 13.2 Å². The van der Waals surface area contributed by atoms with E-state index in [9.17, 15) is 8.42 Å². The molecule has 0 radical (unpaired) electrons.